The summed E-state index contributed by atoms with van der Waals surface area (Å²) in [6.07, 6.45) is 1.86. The predicted octanol–water partition coefficient (Wildman–Crippen LogP) is -3.31. The maximum atomic E-state index is 5.25. The topological polar surface area (TPSA) is 26.6 Å². The van der Waals surface area contributed by atoms with E-state index in [0.29, 0.717) is 0 Å². The van der Waals surface area contributed by atoms with Crippen LogP contribution in [0.3, 0.4) is 0 Å². The molecule has 5 heteroatoms. The number of morpholine rings is 1. The van der Waals surface area contributed by atoms with Gasteiger partial charge in [-0.15, -0.1) is 0 Å². The lowest BCUT2D eigenvalue weighted by Gasteiger charge is -2.20. The Morgan fingerprint density at radius 1 is 1.42 bits per heavy atom. The van der Waals surface area contributed by atoms with Gasteiger partial charge in [0, 0.05) is 11.6 Å². The quantitative estimate of drug-likeness (QED) is 0.566. The average molecular weight is 251 g/mol. The molecule has 2 heterocycles. The largest absolute Gasteiger partial charge is 1.00 e. The number of ether oxygens (including phenoxy) is 1. The first-order valence-electron chi connectivity index (χ1n) is 3.79. The van der Waals surface area contributed by atoms with Crippen molar-refractivity contribution in [3.8, 4) is 0 Å². The number of nitrogens with zero attached hydrogens (tertiary/aromatic N) is 1. The Balaban J connectivity index is 0.000000720. The molecule has 0 amide bonds. The van der Waals surface area contributed by atoms with Gasteiger partial charge in [-0.2, -0.15) is 4.98 Å². The van der Waals surface area contributed by atoms with Crippen molar-refractivity contribution in [1.29, 1.82) is 0 Å². The SMILES string of the molecule is [Br-].c1csc([NH+]2CCOCC2)n1. The number of rotatable bonds is 1. The fourth-order valence-electron chi connectivity index (χ4n) is 1.23. The van der Waals surface area contributed by atoms with Crippen LogP contribution in [0.25, 0.3) is 0 Å². The number of halogens is 1. The van der Waals surface area contributed by atoms with E-state index in [1.54, 1.807) is 11.3 Å². The molecular formula is C7H11BrN2OS. The highest BCUT2D eigenvalue weighted by Crippen LogP contribution is 2.04. The van der Waals surface area contributed by atoms with Gasteiger partial charge in [0.25, 0.3) is 5.13 Å². The molecule has 3 nitrogen and oxygen atoms in total. The van der Waals surface area contributed by atoms with Gasteiger partial charge in [-0.05, 0) is 0 Å². The van der Waals surface area contributed by atoms with Crippen LogP contribution in [0.5, 0.6) is 0 Å². The minimum absolute atomic E-state index is 0. The van der Waals surface area contributed by atoms with E-state index < -0.39 is 0 Å². The summed E-state index contributed by atoms with van der Waals surface area (Å²) in [6.45, 7) is 3.87. The van der Waals surface area contributed by atoms with Crippen LogP contribution in [-0.2, 0) is 4.74 Å². The second-order valence-electron chi connectivity index (χ2n) is 2.55. The molecule has 1 aromatic heterocycles. The zero-order valence-electron chi connectivity index (χ0n) is 6.62. The summed E-state index contributed by atoms with van der Waals surface area (Å²) in [5.41, 5.74) is 0. The van der Waals surface area contributed by atoms with Crippen molar-refractivity contribution >= 4 is 16.5 Å². The Morgan fingerprint density at radius 2 is 2.17 bits per heavy atom. The summed E-state index contributed by atoms with van der Waals surface area (Å²) in [5, 5.41) is 3.23. The first-order chi connectivity index (χ1) is 5.47. The zero-order valence-corrected chi connectivity index (χ0v) is 9.03. The molecule has 0 aliphatic carbocycles. The van der Waals surface area contributed by atoms with Crippen LogP contribution < -0.4 is 21.9 Å². The number of thiazole rings is 1. The van der Waals surface area contributed by atoms with E-state index in [4.69, 9.17) is 4.74 Å². The minimum Gasteiger partial charge on any atom is -1.00 e. The monoisotopic (exact) mass is 250 g/mol. The van der Waals surface area contributed by atoms with Crippen molar-refractivity contribution in [1.82, 2.24) is 4.98 Å². The summed E-state index contributed by atoms with van der Waals surface area (Å²) in [7, 11) is 0. The van der Waals surface area contributed by atoms with Crippen molar-refractivity contribution in [3.05, 3.63) is 11.6 Å². The highest BCUT2D eigenvalue weighted by Gasteiger charge is 2.17. The maximum absolute atomic E-state index is 5.25. The van der Waals surface area contributed by atoms with Gasteiger partial charge in [-0.25, -0.2) is 0 Å². The highest BCUT2D eigenvalue weighted by molar-refractivity contribution is 7.12. The molecule has 0 unspecified atom stereocenters. The second kappa shape index (κ2) is 4.91. The average Bonchev–Trinajstić information content (AvgIpc) is 2.58. The number of quaternary nitrogens is 1. The molecule has 0 atom stereocenters. The lowest BCUT2D eigenvalue weighted by atomic mass is 10.5. The van der Waals surface area contributed by atoms with Crippen molar-refractivity contribution in [3.63, 3.8) is 0 Å². The van der Waals surface area contributed by atoms with E-state index in [1.165, 1.54) is 10.0 Å². The van der Waals surface area contributed by atoms with Gasteiger partial charge in [0.15, 0.2) is 0 Å². The lowest BCUT2D eigenvalue weighted by Crippen LogP contribution is -3.09. The first-order valence-corrected chi connectivity index (χ1v) is 4.67. The molecule has 0 bridgehead atoms. The van der Waals surface area contributed by atoms with E-state index in [-0.39, 0.29) is 17.0 Å². The predicted molar refractivity (Wildman–Crippen MR) is 43.3 cm³/mol. The maximum Gasteiger partial charge on any atom is 0.284 e. The summed E-state index contributed by atoms with van der Waals surface area (Å²) >= 11 is 1.73. The van der Waals surface area contributed by atoms with Crippen LogP contribution in [0.2, 0.25) is 0 Å². The number of nitrogens with one attached hydrogen (secondary N) is 1. The molecule has 0 spiro atoms. The molecule has 1 aliphatic heterocycles. The standard InChI is InChI=1S/C7H10N2OS.BrH/c1-6-11-7(8-1)9-2-4-10-5-3-9;/h1,6H,2-5H2;1H. The Bertz CT molecular complexity index is 211. The van der Waals surface area contributed by atoms with Crippen molar-refractivity contribution in [2.45, 2.75) is 0 Å². The van der Waals surface area contributed by atoms with Crippen LogP contribution in [0, 0.1) is 0 Å². The van der Waals surface area contributed by atoms with Crippen LogP contribution >= 0.6 is 11.3 Å². The van der Waals surface area contributed by atoms with Crippen LogP contribution in [0.4, 0.5) is 5.13 Å². The fourth-order valence-corrected chi connectivity index (χ4v) is 1.97. The van der Waals surface area contributed by atoms with Crippen molar-refractivity contribution in [2.75, 3.05) is 26.3 Å². The Morgan fingerprint density at radius 3 is 2.75 bits per heavy atom. The van der Waals surface area contributed by atoms with Crippen LogP contribution in [0.1, 0.15) is 0 Å². The molecule has 2 rings (SSSR count). The molecule has 1 aliphatic rings. The molecule has 1 saturated heterocycles. The summed E-state index contributed by atoms with van der Waals surface area (Å²) < 4.78 is 5.25. The van der Waals surface area contributed by atoms with Gasteiger partial charge >= 0.3 is 0 Å². The van der Waals surface area contributed by atoms with Crippen molar-refractivity contribution in [2.24, 2.45) is 0 Å². The molecule has 1 fully saturated rings. The number of hydrogen-bond acceptors (Lipinski definition) is 3. The van der Waals surface area contributed by atoms with Crippen LogP contribution in [-0.4, -0.2) is 31.3 Å². The van der Waals surface area contributed by atoms with Gasteiger partial charge in [-0.3, -0.25) is 4.90 Å². The lowest BCUT2D eigenvalue weighted by molar-refractivity contribution is -0.842. The third-order valence-electron chi connectivity index (χ3n) is 1.83. The smallest absolute Gasteiger partial charge is 0.284 e. The molecular weight excluding hydrogens is 240 g/mol. The van der Waals surface area contributed by atoms with E-state index in [0.717, 1.165) is 26.3 Å². The molecule has 1 aromatic rings. The number of hydrogen-bond donors (Lipinski definition) is 1. The van der Waals surface area contributed by atoms with Crippen LogP contribution in [0.15, 0.2) is 11.6 Å². The molecule has 12 heavy (non-hydrogen) atoms. The number of aromatic nitrogens is 1. The third kappa shape index (κ3) is 2.26. The first kappa shape index (κ1) is 10.1. The molecule has 0 radical (unpaired) electrons. The summed E-state index contributed by atoms with van der Waals surface area (Å²) in [4.78, 5) is 5.73. The highest BCUT2D eigenvalue weighted by atomic mass is 79.9. The van der Waals surface area contributed by atoms with Gasteiger partial charge in [0.1, 0.15) is 13.1 Å². The summed E-state index contributed by atoms with van der Waals surface area (Å²) in [5.74, 6) is 0. The van der Waals surface area contributed by atoms with E-state index >= 15 is 0 Å². The Hall–Kier alpha value is 0.0300. The van der Waals surface area contributed by atoms with Gasteiger partial charge in [0.05, 0.1) is 13.2 Å². The molecule has 0 aromatic carbocycles. The van der Waals surface area contributed by atoms with E-state index in [2.05, 4.69) is 4.98 Å². The van der Waals surface area contributed by atoms with Crippen molar-refractivity contribution < 1.29 is 26.6 Å². The molecule has 68 valence electrons. The Kier molecular flexibility index (Phi) is 4.14. The molecule has 1 N–H and O–H groups in total. The van der Waals surface area contributed by atoms with Gasteiger partial charge in [-0.1, -0.05) is 11.3 Å². The Labute approximate surface area is 86.1 Å². The van der Waals surface area contributed by atoms with E-state index in [1.807, 2.05) is 11.6 Å². The van der Waals surface area contributed by atoms with Gasteiger partial charge in [0.2, 0.25) is 0 Å². The molecule has 0 saturated carbocycles. The third-order valence-corrected chi connectivity index (χ3v) is 2.71. The zero-order chi connectivity index (χ0) is 7.52. The fraction of sp³-hybridized carbons (Fsp3) is 0.571. The second-order valence-corrected chi connectivity index (χ2v) is 3.45. The minimum atomic E-state index is 0. The van der Waals surface area contributed by atoms with E-state index in [9.17, 15) is 0 Å². The summed E-state index contributed by atoms with van der Waals surface area (Å²) in [6, 6.07) is 0. The van der Waals surface area contributed by atoms with Gasteiger partial charge < -0.3 is 21.7 Å². The normalized spacial score (nSPS) is 18.7.